The van der Waals surface area contributed by atoms with Crippen LogP contribution in [-0.4, -0.2) is 35.7 Å². The molecule has 0 aliphatic carbocycles. The lowest BCUT2D eigenvalue weighted by Gasteiger charge is -2.26. The molecule has 2 aliphatic heterocycles. The van der Waals surface area contributed by atoms with Crippen molar-refractivity contribution >= 4 is 12.2 Å². The molecular weight excluding hydrogens is 648 g/mol. The van der Waals surface area contributed by atoms with E-state index in [4.69, 9.17) is 9.47 Å². The Morgan fingerprint density at radius 2 is 0.863 bits per heavy atom. The molecule has 0 bridgehead atoms. The second kappa shape index (κ2) is 12.3. The predicted molar refractivity (Wildman–Crippen MR) is 190 cm³/mol. The third-order valence-corrected chi connectivity index (χ3v) is 9.46. The molecule has 9 nitrogen and oxygen atoms in total. The zero-order valence-electron chi connectivity index (χ0n) is 26.9. The number of hydrogen-bond donors (Lipinski definition) is 7. The van der Waals surface area contributed by atoms with Crippen LogP contribution in [0.25, 0.3) is 12.2 Å². The highest BCUT2D eigenvalue weighted by atomic mass is 16.5. The van der Waals surface area contributed by atoms with E-state index >= 15 is 0 Å². The van der Waals surface area contributed by atoms with E-state index in [1.165, 1.54) is 12.1 Å². The molecule has 2 aliphatic rings. The van der Waals surface area contributed by atoms with Gasteiger partial charge in [-0.3, -0.25) is 0 Å². The maximum atomic E-state index is 11.3. The quantitative estimate of drug-likeness (QED) is 0.0858. The Morgan fingerprint density at radius 1 is 0.392 bits per heavy atom. The summed E-state index contributed by atoms with van der Waals surface area (Å²) in [6.45, 7) is 0. The van der Waals surface area contributed by atoms with Gasteiger partial charge in [0.25, 0.3) is 0 Å². The number of ether oxygens (including phenoxy) is 2. The molecule has 0 amide bonds. The molecule has 4 atom stereocenters. The van der Waals surface area contributed by atoms with Gasteiger partial charge in [-0.25, -0.2) is 0 Å². The highest BCUT2D eigenvalue weighted by Gasteiger charge is 2.46. The first-order valence-corrected chi connectivity index (χ1v) is 16.3. The molecule has 254 valence electrons. The Morgan fingerprint density at radius 3 is 1.43 bits per heavy atom. The van der Waals surface area contributed by atoms with Crippen LogP contribution >= 0.6 is 0 Å². The number of rotatable bonds is 6. The van der Waals surface area contributed by atoms with Gasteiger partial charge >= 0.3 is 0 Å². The Bertz CT molecular complexity index is 2270. The third kappa shape index (κ3) is 5.84. The highest BCUT2D eigenvalue weighted by Crippen LogP contribution is 2.59. The maximum absolute atomic E-state index is 11.3. The monoisotopic (exact) mass is 680 g/mol. The summed E-state index contributed by atoms with van der Waals surface area (Å²) in [4.78, 5) is 0. The van der Waals surface area contributed by atoms with Crippen LogP contribution in [0, 0.1) is 0 Å². The first-order valence-electron chi connectivity index (χ1n) is 16.3. The minimum absolute atomic E-state index is 0.0193. The van der Waals surface area contributed by atoms with Crippen LogP contribution in [0.5, 0.6) is 51.7 Å². The van der Waals surface area contributed by atoms with Crippen LogP contribution in [0.1, 0.15) is 68.6 Å². The summed E-state index contributed by atoms with van der Waals surface area (Å²) >= 11 is 0. The van der Waals surface area contributed by atoms with E-state index in [0.29, 0.717) is 39.3 Å². The van der Waals surface area contributed by atoms with Crippen molar-refractivity contribution in [3.8, 4) is 51.7 Å². The molecule has 9 heteroatoms. The van der Waals surface area contributed by atoms with Gasteiger partial charge in [0.05, 0.1) is 11.8 Å². The van der Waals surface area contributed by atoms with Crippen LogP contribution in [0.15, 0.2) is 115 Å². The van der Waals surface area contributed by atoms with Gasteiger partial charge in [0.1, 0.15) is 64.0 Å². The van der Waals surface area contributed by atoms with E-state index in [2.05, 4.69) is 0 Å². The fourth-order valence-electron chi connectivity index (χ4n) is 7.31. The van der Waals surface area contributed by atoms with Gasteiger partial charge in [-0.15, -0.1) is 0 Å². The molecule has 0 spiro atoms. The molecule has 2 heterocycles. The van der Waals surface area contributed by atoms with Crippen molar-refractivity contribution in [3.63, 3.8) is 0 Å². The summed E-state index contributed by atoms with van der Waals surface area (Å²) in [5.74, 6) is -0.504. The number of phenolic OH excluding ortho intramolecular Hbond substituents is 7. The molecular formula is C42H32O9. The number of hydrogen-bond acceptors (Lipinski definition) is 9. The smallest absolute Gasteiger partial charge is 0.135 e. The van der Waals surface area contributed by atoms with Gasteiger partial charge in [0, 0.05) is 29.3 Å². The number of fused-ring (bicyclic) bond motifs is 2. The summed E-state index contributed by atoms with van der Waals surface area (Å²) in [7, 11) is 0. The Kier molecular flexibility index (Phi) is 7.60. The first kappa shape index (κ1) is 31.5. The van der Waals surface area contributed by atoms with Crippen LogP contribution in [0.3, 0.4) is 0 Å². The average molecular weight is 681 g/mol. The van der Waals surface area contributed by atoms with Crippen molar-refractivity contribution in [1.82, 2.24) is 0 Å². The molecule has 6 aromatic carbocycles. The van der Waals surface area contributed by atoms with Gasteiger partial charge in [-0.2, -0.15) is 0 Å². The molecule has 8 rings (SSSR count). The lowest BCUT2D eigenvalue weighted by Crippen LogP contribution is -2.16. The first-order chi connectivity index (χ1) is 24.6. The molecule has 0 fully saturated rings. The van der Waals surface area contributed by atoms with E-state index in [1.54, 1.807) is 103 Å². The van der Waals surface area contributed by atoms with Crippen molar-refractivity contribution in [2.45, 2.75) is 24.0 Å². The Labute approximate surface area is 292 Å². The fourth-order valence-corrected chi connectivity index (χ4v) is 7.31. The minimum atomic E-state index is -0.694. The average Bonchev–Trinajstić information content (AvgIpc) is 3.67. The van der Waals surface area contributed by atoms with Crippen LogP contribution in [0.4, 0.5) is 0 Å². The summed E-state index contributed by atoms with van der Waals surface area (Å²) in [6, 6.07) is 30.7. The molecule has 51 heavy (non-hydrogen) atoms. The van der Waals surface area contributed by atoms with Gasteiger partial charge in [-0.05, 0) is 94.0 Å². The molecule has 0 radical (unpaired) electrons. The SMILES string of the molecule is Oc1ccc(/C=C/c2cc(O)cc3c2[C@@H](c2cc(O)cc4c2[C@H](c2cc(O)cc(O)c2)[C@@H](c2ccc(O)cc2)O4)[C@H](c2ccc(O)cc2)O3)cc1. The van der Waals surface area contributed by atoms with E-state index in [0.717, 1.165) is 16.7 Å². The zero-order chi connectivity index (χ0) is 35.4. The second-order valence-corrected chi connectivity index (χ2v) is 12.8. The third-order valence-electron chi connectivity index (χ3n) is 9.46. The van der Waals surface area contributed by atoms with Gasteiger partial charge in [0.15, 0.2) is 0 Å². The summed E-state index contributed by atoms with van der Waals surface area (Å²) in [6.07, 6.45) is 2.32. The Balaban J connectivity index is 1.37. The zero-order valence-corrected chi connectivity index (χ0v) is 26.9. The molecule has 0 saturated heterocycles. The van der Waals surface area contributed by atoms with Crippen molar-refractivity contribution in [2.75, 3.05) is 0 Å². The lowest BCUT2D eigenvalue weighted by molar-refractivity contribution is 0.219. The fraction of sp³-hybridized carbons (Fsp3) is 0.0952. The lowest BCUT2D eigenvalue weighted by atomic mass is 9.75. The molecule has 0 saturated carbocycles. The highest BCUT2D eigenvalue weighted by molar-refractivity contribution is 5.76. The van der Waals surface area contributed by atoms with Crippen LogP contribution in [-0.2, 0) is 0 Å². The number of phenols is 7. The van der Waals surface area contributed by atoms with Crippen LogP contribution < -0.4 is 9.47 Å². The van der Waals surface area contributed by atoms with Crippen LogP contribution in [0.2, 0.25) is 0 Å². The van der Waals surface area contributed by atoms with Crippen molar-refractivity contribution in [3.05, 3.63) is 160 Å². The second-order valence-electron chi connectivity index (χ2n) is 12.8. The standard InChI is InChI=1S/C42H32O9/c43-27-9-2-22(3-10-27)1-4-25-15-32(48)20-35-37(25)40(42(50-35)24-7-13-29(45)14-8-24)34-19-33(49)21-36-39(34)38(26-16-30(46)18-31(47)17-26)41(51-36)23-5-11-28(44)12-6-23/h1-21,38,40-49H/b4-1+/t38-,40+,41+,42-/m0/s1. The van der Waals surface area contributed by atoms with Crippen molar-refractivity contribution in [1.29, 1.82) is 0 Å². The molecule has 6 aromatic rings. The summed E-state index contributed by atoms with van der Waals surface area (Å²) in [5.41, 5.74) is 5.48. The maximum Gasteiger partial charge on any atom is 0.135 e. The molecule has 0 aromatic heterocycles. The molecule has 0 unspecified atom stereocenters. The van der Waals surface area contributed by atoms with E-state index in [1.807, 2.05) is 12.2 Å². The summed E-state index contributed by atoms with van der Waals surface area (Å²) in [5, 5.41) is 73.4. The largest absolute Gasteiger partial charge is 0.508 e. The van der Waals surface area contributed by atoms with E-state index in [-0.39, 0.29) is 40.2 Å². The topological polar surface area (TPSA) is 160 Å². The minimum Gasteiger partial charge on any atom is -0.508 e. The Hall–Kier alpha value is -6.74. The molecule has 7 N–H and O–H groups in total. The normalized spacial score (nSPS) is 19.0. The van der Waals surface area contributed by atoms with E-state index in [9.17, 15) is 35.7 Å². The van der Waals surface area contributed by atoms with Gasteiger partial charge in [0.2, 0.25) is 0 Å². The summed E-state index contributed by atoms with van der Waals surface area (Å²) < 4.78 is 13.3. The van der Waals surface area contributed by atoms with Crippen molar-refractivity contribution < 1.29 is 45.2 Å². The van der Waals surface area contributed by atoms with Gasteiger partial charge < -0.3 is 45.2 Å². The van der Waals surface area contributed by atoms with Crippen molar-refractivity contribution in [2.24, 2.45) is 0 Å². The van der Waals surface area contributed by atoms with Gasteiger partial charge in [-0.1, -0.05) is 48.6 Å². The number of benzene rings is 6. The van der Waals surface area contributed by atoms with E-state index < -0.39 is 24.0 Å². The predicted octanol–water partition coefficient (Wildman–Crippen LogP) is 8.33. The number of aromatic hydroxyl groups is 7.